The zero-order valence-corrected chi connectivity index (χ0v) is 7.73. The van der Waals surface area contributed by atoms with Crippen LogP contribution in [-0.4, -0.2) is 17.6 Å². The predicted molar refractivity (Wildman–Crippen MR) is 50.1 cm³/mol. The van der Waals surface area contributed by atoms with Crippen LogP contribution < -0.4 is 0 Å². The molecular formula is C10H8F2N2O. The lowest BCUT2D eigenvalue weighted by atomic mass is 10.0. The van der Waals surface area contributed by atoms with Crippen molar-refractivity contribution in [1.82, 2.24) is 5.01 Å². The fourth-order valence-electron chi connectivity index (χ4n) is 1.59. The second kappa shape index (κ2) is 3.76. The molecule has 0 unspecified atom stereocenters. The smallest absolute Gasteiger partial charge is 0.230 e. The highest BCUT2D eigenvalue weighted by Crippen LogP contribution is 2.27. The van der Waals surface area contributed by atoms with Crippen molar-refractivity contribution in [2.75, 3.05) is 0 Å². The summed E-state index contributed by atoms with van der Waals surface area (Å²) in [5, 5.41) is 4.91. The van der Waals surface area contributed by atoms with Gasteiger partial charge in [-0.05, 0) is 17.7 Å². The Bertz CT molecular complexity index is 400. The average Bonchev–Trinajstić information content (AvgIpc) is 2.63. The Morgan fingerprint density at radius 2 is 2.00 bits per heavy atom. The maximum absolute atomic E-state index is 12.9. The van der Waals surface area contributed by atoms with Gasteiger partial charge in [-0.15, -0.1) is 0 Å². The molecule has 0 saturated heterocycles. The van der Waals surface area contributed by atoms with Crippen LogP contribution in [0.15, 0.2) is 23.3 Å². The van der Waals surface area contributed by atoms with E-state index in [1.807, 2.05) is 0 Å². The third-order valence-corrected chi connectivity index (χ3v) is 2.24. The lowest BCUT2D eigenvalue weighted by molar-refractivity contribution is -0.119. The van der Waals surface area contributed by atoms with E-state index in [4.69, 9.17) is 0 Å². The number of carbonyl (C=O) groups excluding carboxylic acids is 1. The number of benzene rings is 1. The van der Waals surface area contributed by atoms with Crippen molar-refractivity contribution in [3.8, 4) is 0 Å². The molecule has 0 aliphatic carbocycles. The van der Waals surface area contributed by atoms with Crippen LogP contribution in [0.25, 0.3) is 0 Å². The Balaban J connectivity index is 2.33. The van der Waals surface area contributed by atoms with E-state index in [2.05, 4.69) is 5.10 Å². The van der Waals surface area contributed by atoms with Crippen molar-refractivity contribution >= 4 is 12.6 Å². The molecule has 78 valence electrons. The minimum atomic E-state index is -0.650. The second-order valence-electron chi connectivity index (χ2n) is 3.24. The van der Waals surface area contributed by atoms with Crippen LogP contribution in [0, 0.1) is 11.6 Å². The molecule has 0 N–H and O–H groups in total. The number of amides is 1. The summed E-state index contributed by atoms with van der Waals surface area (Å²) >= 11 is 0. The van der Waals surface area contributed by atoms with Crippen LogP contribution in [0.4, 0.5) is 8.78 Å². The van der Waals surface area contributed by atoms with E-state index < -0.39 is 17.7 Å². The third-order valence-electron chi connectivity index (χ3n) is 2.24. The largest absolute Gasteiger partial charge is 0.277 e. The van der Waals surface area contributed by atoms with Gasteiger partial charge in [0.25, 0.3) is 0 Å². The Morgan fingerprint density at radius 3 is 2.60 bits per heavy atom. The Labute approximate surface area is 85.0 Å². The molecule has 0 saturated carbocycles. The molecule has 2 rings (SSSR count). The van der Waals surface area contributed by atoms with Gasteiger partial charge in [0.1, 0.15) is 11.6 Å². The number of rotatable bonds is 2. The third kappa shape index (κ3) is 1.86. The molecule has 1 amide bonds. The van der Waals surface area contributed by atoms with Crippen molar-refractivity contribution in [3.63, 3.8) is 0 Å². The number of hydrazone groups is 1. The van der Waals surface area contributed by atoms with Crippen LogP contribution in [0.3, 0.4) is 0 Å². The van der Waals surface area contributed by atoms with Crippen LogP contribution in [0.1, 0.15) is 18.0 Å². The molecule has 0 bridgehead atoms. The number of hydrogen-bond acceptors (Lipinski definition) is 2. The summed E-state index contributed by atoms with van der Waals surface area (Å²) in [6.07, 6.45) is 2.56. The van der Waals surface area contributed by atoms with E-state index in [0.29, 0.717) is 18.4 Å². The fourth-order valence-corrected chi connectivity index (χ4v) is 1.59. The van der Waals surface area contributed by atoms with Gasteiger partial charge in [0.2, 0.25) is 6.41 Å². The summed E-state index contributed by atoms with van der Waals surface area (Å²) in [5.41, 5.74) is 0.414. The highest BCUT2D eigenvalue weighted by molar-refractivity contribution is 5.65. The Morgan fingerprint density at radius 1 is 1.33 bits per heavy atom. The summed E-state index contributed by atoms with van der Waals surface area (Å²) in [6.45, 7) is 0. The highest BCUT2D eigenvalue weighted by Gasteiger charge is 2.23. The fraction of sp³-hybridized carbons (Fsp3) is 0.200. The molecule has 1 atom stereocenters. The summed E-state index contributed by atoms with van der Waals surface area (Å²) in [4.78, 5) is 10.6. The van der Waals surface area contributed by atoms with Gasteiger partial charge in [0.15, 0.2) is 0 Å². The molecule has 1 heterocycles. The highest BCUT2D eigenvalue weighted by atomic mass is 19.1. The zero-order chi connectivity index (χ0) is 10.8. The Hall–Kier alpha value is -1.78. The van der Waals surface area contributed by atoms with E-state index in [1.54, 1.807) is 6.21 Å². The Kier molecular flexibility index (Phi) is 2.45. The van der Waals surface area contributed by atoms with Gasteiger partial charge < -0.3 is 0 Å². The summed E-state index contributed by atoms with van der Waals surface area (Å²) in [6, 6.07) is 2.82. The molecule has 0 radical (unpaired) electrons. The summed E-state index contributed by atoms with van der Waals surface area (Å²) < 4.78 is 25.8. The first kappa shape index (κ1) is 9.76. The average molecular weight is 210 g/mol. The van der Waals surface area contributed by atoms with Gasteiger partial charge in [-0.2, -0.15) is 5.10 Å². The van der Waals surface area contributed by atoms with E-state index in [9.17, 15) is 13.6 Å². The zero-order valence-electron chi connectivity index (χ0n) is 7.73. The van der Waals surface area contributed by atoms with Gasteiger partial charge in [-0.3, -0.25) is 4.79 Å². The quantitative estimate of drug-likeness (QED) is 0.685. The first-order chi connectivity index (χ1) is 7.20. The lowest BCUT2D eigenvalue weighted by Gasteiger charge is -2.17. The normalized spacial score (nSPS) is 19.6. The number of nitrogens with zero attached hydrogens (tertiary/aromatic N) is 2. The van der Waals surface area contributed by atoms with Crippen LogP contribution in [0.2, 0.25) is 0 Å². The SMILES string of the molecule is O=CN1N=CC[C@H]1c1cc(F)cc(F)c1. The molecule has 0 aromatic heterocycles. The molecule has 0 fully saturated rings. The molecule has 1 aromatic carbocycles. The number of hydrogen-bond donors (Lipinski definition) is 0. The standard InChI is InChI=1S/C10H8F2N2O/c11-8-3-7(4-9(12)5-8)10-1-2-13-14(10)6-15/h2-6,10H,1H2/t10-/m0/s1. The van der Waals surface area contributed by atoms with Gasteiger partial charge in [0, 0.05) is 18.7 Å². The summed E-state index contributed by atoms with van der Waals surface area (Å²) in [7, 11) is 0. The molecule has 1 aliphatic rings. The maximum Gasteiger partial charge on any atom is 0.230 e. The van der Waals surface area contributed by atoms with Crippen molar-refractivity contribution in [2.45, 2.75) is 12.5 Å². The van der Waals surface area contributed by atoms with Crippen molar-refractivity contribution in [1.29, 1.82) is 0 Å². The van der Waals surface area contributed by atoms with Crippen molar-refractivity contribution in [2.24, 2.45) is 5.10 Å². The van der Waals surface area contributed by atoms with E-state index in [0.717, 1.165) is 11.1 Å². The molecule has 5 heteroatoms. The summed E-state index contributed by atoms with van der Waals surface area (Å²) in [5.74, 6) is -1.30. The minimum absolute atomic E-state index is 0.396. The van der Waals surface area contributed by atoms with Crippen molar-refractivity contribution < 1.29 is 13.6 Å². The molecule has 3 nitrogen and oxygen atoms in total. The maximum atomic E-state index is 12.9. The monoisotopic (exact) mass is 210 g/mol. The van der Waals surface area contributed by atoms with Gasteiger partial charge in [-0.1, -0.05) is 0 Å². The van der Waals surface area contributed by atoms with Gasteiger partial charge in [-0.25, -0.2) is 13.8 Å². The van der Waals surface area contributed by atoms with E-state index in [-0.39, 0.29) is 0 Å². The van der Waals surface area contributed by atoms with Gasteiger partial charge >= 0.3 is 0 Å². The first-order valence-electron chi connectivity index (χ1n) is 4.43. The molecule has 0 spiro atoms. The number of halogens is 2. The molecule has 1 aliphatic heterocycles. The lowest BCUT2D eigenvalue weighted by Crippen LogP contribution is -2.17. The second-order valence-corrected chi connectivity index (χ2v) is 3.24. The van der Waals surface area contributed by atoms with Crippen LogP contribution in [-0.2, 0) is 4.79 Å². The number of carbonyl (C=O) groups is 1. The predicted octanol–water partition coefficient (Wildman–Crippen LogP) is 1.85. The van der Waals surface area contributed by atoms with E-state index in [1.165, 1.54) is 12.1 Å². The van der Waals surface area contributed by atoms with Crippen molar-refractivity contribution in [3.05, 3.63) is 35.4 Å². The van der Waals surface area contributed by atoms with Gasteiger partial charge in [0.05, 0.1) is 6.04 Å². The molecular weight excluding hydrogens is 202 g/mol. The van der Waals surface area contributed by atoms with E-state index >= 15 is 0 Å². The molecule has 15 heavy (non-hydrogen) atoms. The first-order valence-corrected chi connectivity index (χ1v) is 4.43. The minimum Gasteiger partial charge on any atom is -0.277 e. The molecule has 1 aromatic rings. The van der Waals surface area contributed by atoms with Crippen LogP contribution >= 0.6 is 0 Å². The topological polar surface area (TPSA) is 32.7 Å². The van der Waals surface area contributed by atoms with Crippen LogP contribution in [0.5, 0.6) is 0 Å².